The zero-order valence-corrected chi connectivity index (χ0v) is 12.9. The molecule has 2 heterocycles. The van der Waals surface area contributed by atoms with E-state index in [1.807, 2.05) is 13.8 Å². The first-order valence-corrected chi connectivity index (χ1v) is 7.63. The van der Waals surface area contributed by atoms with E-state index in [1.54, 1.807) is 6.07 Å². The molecule has 2 aromatic heterocycles. The lowest BCUT2D eigenvalue weighted by atomic mass is 10.1. The van der Waals surface area contributed by atoms with E-state index in [-0.39, 0.29) is 24.1 Å². The summed E-state index contributed by atoms with van der Waals surface area (Å²) in [4.78, 5) is 12.1. The van der Waals surface area contributed by atoms with E-state index in [0.29, 0.717) is 21.7 Å². The Hall–Kier alpha value is -2.28. The second-order valence-corrected chi connectivity index (χ2v) is 6.24. The molecule has 0 saturated carbocycles. The van der Waals surface area contributed by atoms with Crippen LogP contribution in [0.2, 0.25) is 0 Å². The minimum absolute atomic E-state index is 0.0903. The number of nitrogens with zero attached hydrogens (tertiary/aromatic N) is 2. The van der Waals surface area contributed by atoms with Gasteiger partial charge in [0.15, 0.2) is 0 Å². The SMILES string of the molecule is CC(C)c1nnc(NC(=O)Cc2coc3ccc(F)cc23)s1. The van der Waals surface area contributed by atoms with Gasteiger partial charge in [0, 0.05) is 16.9 Å². The summed E-state index contributed by atoms with van der Waals surface area (Å²) in [5, 5.41) is 12.6. The van der Waals surface area contributed by atoms with Crippen molar-refractivity contribution in [2.24, 2.45) is 0 Å². The van der Waals surface area contributed by atoms with Crippen LogP contribution in [0.4, 0.5) is 9.52 Å². The van der Waals surface area contributed by atoms with Crippen LogP contribution in [0.3, 0.4) is 0 Å². The number of carbonyl (C=O) groups is 1. The molecule has 5 nitrogen and oxygen atoms in total. The lowest BCUT2D eigenvalue weighted by molar-refractivity contribution is -0.115. The summed E-state index contributed by atoms with van der Waals surface area (Å²) >= 11 is 1.35. The minimum Gasteiger partial charge on any atom is -0.464 e. The van der Waals surface area contributed by atoms with Crippen molar-refractivity contribution in [2.45, 2.75) is 26.2 Å². The maximum Gasteiger partial charge on any atom is 0.230 e. The Kier molecular flexibility index (Phi) is 3.89. The molecule has 0 spiro atoms. The molecule has 0 unspecified atom stereocenters. The highest BCUT2D eigenvalue weighted by Crippen LogP contribution is 2.24. The number of fused-ring (bicyclic) bond motifs is 1. The second-order valence-electron chi connectivity index (χ2n) is 5.23. The largest absolute Gasteiger partial charge is 0.464 e. The number of hydrogen-bond acceptors (Lipinski definition) is 5. The predicted molar refractivity (Wildman–Crippen MR) is 82.5 cm³/mol. The number of halogens is 1. The summed E-state index contributed by atoms with van der Waals surface area (Å²) in [5.74, 6) is -0.330. The monoisotopic (exact) mass is 319 g/mol. The summed E-state index contributed by atoms with van der Waals surface area (Å²) in [5.41, 5.74) is 1.20. The normalized spacial score (nSPS) is 11.3. The number of benzene rings is 1. The number of rotatable bonds is 4. The summed E-state index contributed by atoms with van der Waals surface area (Å²) in [6.07, 6.45) is 1.57. The van der Waals surface area contributed by atoms with Crippen LogP contribution in [0.15, 0.2) is 28.9 Å². The molecule has 3 rings (SSSR count). The standard InChI is InChI=1S/C15H14FN3O2S/c1-8(2)14-18-19-15(22-14)17-13(20)5-9-7-21-12-4-3-10(16)6-11(9)12/h3-4,6-8H,5H2,1-2H3,(H,17,19,20). The molecule has 0 bridgehead atoms. The van der Waals surface area contributed by atoms with Crippen LogP contribution in [0.5, 0.6) is 0 Å². The molecule has 1 amide bonds. The van der Waals surface area contributed by atoms with Gasteiger partial charge in [-0.3, -0.25) is 4.79 Å². The summed E-state index contributed by atoms with van der Waals surface area (Å²) in [6.45, 7) is 4.02. The van der Waals surface area contributed by atoms with Gasteiger partial charge in [0.1, 0.15) is 16.4 Å². The quantitative estimate of drug-likeness (QED) is 0.795. The third-order valence-electron chi connectivity index (χ3n) is 3.15. The molecule has 1 aromatic carbocycles. The second kappa shape index (κ2) is 5.84. The number of aromatic nitrogens is 2. The van der Waals surface area contributed by atoms with Crippen LogP contribution in [-0.2, 0) is 11.2 Å². The van der Waals surface area contributed by atoms with Gasteiger partial charge in [-0.15, -0.1) is 10.2 Å². The number of nitrogens with one attached hydrogen (secondary N) is 1. The molecule has 0 aliphatic carbocycles. The molecule has 0 atom stereocenters. The highest BCUT2D eigenvalue weighted by Gasteiger charge is 2.14. The molecule has 0 fully saturated rings. The van der Waals surface area contributed by atoms with Crippen LogP contribution in [0, 0.1) is 5.82 Å². The van der Waals surface area contributed by atoms with Crippen LogP contribution in [-0.4, -0.2) is 16.1 Å². The number of hydrogen-bond donors (Lipinski definition) is 1. The van der Waals surface area contributed by atoms with Crippen LogP contribution in [0.1, 0.15) is 30.3 Å². The number of furan rings is 1. The van der Waals surface area contributed by atoms with E-state index in [0.717, 1.165) is 5.01 Å². The molecule has 3 aromatic rings. The van der Waals surface area contributed by atoms with Crippen molar-refractivity contribution < 1.29 is 13.6 Å². The molecule has 0 aliphatic rings. The van der Waals surface area contributed by atoms with Crippen molar-refractivity contribution in [1.82, 2.24) is 10.2 Å². The first kappa shape index (κ1) is 14.6. The molecular formula is C15H14FN3O2S. The third kappa shape index (κ3) is 2.99. The van der Waals surface area contributed by atoms with E-state index >= 15 is 0 Å². The fourth-order valence-corrected chi connectivity index (χ4v) is 2.81. The van der Waals surface area contributed by atoms with Gasteiger partial charge in [-0.25, -0.2) is 4.39 Å². The Bertz CT molecular complexity index is 825. The highest BCUT2D eigenvalue weighted by atomic mass is 32.1. The molecule has 114 valence electrons. The molecular weight excluding hydrogens is 305 g/mol. The van der Waals surface area contributed by atoms with E-state index in [2.05, 4.69) is 15.5 Å². The summed E-state index contributed by atoms with van der Waals surface area (Å²) in [6, 6.07) is 4.24. The van der Waals surface area contributed by atoms with Gasteiger partial charge in [-0.1, -0.05) is 25.2 Å². The molecule has 22 heavy (non-hydrogen) atoms. The number of anilines is 1. The highest BCUT2D eigenvalue weighted by molar-refractivity contribution is 7.15. The van der Waals surface area contributed by atoms with Crippen LogP contribution in [0.25, 0.3) is 11.0 Å². The zero-order valence-electron chi connectivity index (χ0n) is 12.1. The minimum atomic E-state index is -0.360. The molecule has 0 saturated heterocycles. The van der Waals surface area contributed by atoms with Crippen molar-refractivity contribution in [3.05, 3.63) is 40.9 Å². The molecule has 0 aliphatic heterocycles. The average Bonchev–Trinajstić information content (AvgIpc) is 3.07. The fraction of sp³-hybridized carbons (Fsp3) is 0.267. The van der Waals surface area contributed by atoms with Crippen molar-refractivity contribution in [1.29, 1.82) is 0 Å². The van der Waals surface area contributed by atoms with Gasteiger partial charge in [0.05, 0.1) is 12.7 Å². The Morgan fingerprint density at radius 2 is 2.23 bits per heavy atom. The third-order valence-corrected chi connectivity index (χ3v) is 4.29. The van der Waals surface area contributed by atoms with E-state index in [4.69, 9.17) is 4.42 Å². The van der Waals surface area contributed by atoms with Crippen molar-refractivity contribution in [3.63, 3.8) is 0 Å². The molecule has 7 heteroatoms. The predicted octanol–water partition coefficient (Wildman–Crippen LogP) is 3.73. The first-order chi connectivity index (χ1) is 10.5. The zero-order chi connectivity index (χ0) is 15.7. The Balaban J connectivity index is 1.74. The van der Waals surface area contributed by atoms with Gasteiger partial charge in [-0.2, -0.15) is 0 Å². The van der Waals surface area contributed by atoms with E-state index in [9.17, 15) is 9.18 Å². The topological polar surface area (TPSA) is 68.0 Å². The van der Waals surface area contributed by atoms with Gasteiger partial charge in [0.2, 0.25) is 11.0 Å². The molecule has 1 N–H and O–H groups in total. The smallest absolute Gasteiger partial charge is 0.230 e. The van der Waals surface area contributed by atoms with Crippen molar-refractivity contribution in [2.75, 3.05) is 5.32 Å². The number of carbonyl (C=O) groups excluding carboxylic acids is 1. The van der Waals surface area contributed by atoms with Gasteiger partial charge in [-0.05, 0) is 18.2 Å². The van der Waals surface area contributed by atoms with E-state index in [1.165, 1.54) is 29.7 Å². The maximum absolute atomic E-state index is 13.3. The average molecular weight is 319 g/mol. The summed E-state index contributed by atoms with van der Waals surface area (Å²) < 4.78 is 18.6. The van der Waals surface area contributed by atoms with Gasteiger partial charge in [0.25, 0.3) is 0 Å². The van der Waals surface area contributed by atoms with Crippen molar-refractivity contribution >= 4 is 33.3 Å². The molecule has 0 radical (unpaired) electrons. The van der Waals surface area contributed by atoms with E-state index < -0.39 is 0 Å². The van der Waals surface area contributed by atoms with Crippen LogP contribution >= 0.6 is 11.3 Å². The van der Waals surface area contributed by atoms with Crippen LogP contribution < -0.4 is 5.32 Å². The lowest BCUT2D eigenvalue weighted by Crippen LogP contribution is -2.14. The maximum atomic E-state index is 13.3. The Morgan fingerprint density at radius 1 is 1.41 bits per heavy atom. The summed E-state index contributed by atoms with van der Waals surface area (Å²) in [7, 11) is 0. The first-order valence-electron chi connectivity index (χ1n) is 6.82. The van der Waals surface area contributed by atoms with Gasteiger partial charge < -0.3 is 9.73 Å². The van der Waals surface area contributed by atoms with Gasteiger partial charge >= 0.3 is 0 Å². The Labute approximate surface area is 130 Å². The number of amides is 1. The fourth-order valence-electron chi connectivity index (χ4n) is 2.05. The van der Waals surface area contributed by atoms with Crippen molar-refractivity contribution in [3.8, 4) is 0 Å². The lowest BCUT2D eigenvalue weighted by Gasteiger charge is -2.00. The Morgan fingerprint density at radius 3 is 2.95 bits per heavy atom.